The Hall–Kier alpha value is -2.09. The van der Waals surface area contributed by atoms with Crippen molar-refractivity contribution in [2.75, 3.05) is 7.11 Å². The van der Waals surface area contributed by atoms with Crippen molar-refractivity contribution in [1.29, 1.82) is 0 Å². The van der Waals surface area contributed by atoms with Crippen LogP contribution in [0.5, 0.6) is 5.75 Å². The van der Waals surface area contributed by atoms with Gasteiger partial charge in [-0.25, -0.2) is 0 Å². The fourth-order valence-corrected chi connectivity index (χ4v) is 2.87. The summed E-state index contributed by atoms with van der Waals surface area (Å²) >= 11 is 0. The zero-order chi connectivity index (χ0) is 13.2. The summed E-state index contributed by atoms with van der Waals surface area (Å²) in [5, 5.41) is 0. The summed E-state index contributed by atoms with van der Waals surface area (Å²) in [4.78, 5) is 12.2. The molecule has 0 radical (unpaired) electrons. The predicted octanol–water partition coefficient (Wildman–Crippen LogP) is 3.61. The molecule has 0 aromatic heterocycles. The Bertz CT molecular complexity index is 616. The van der Waals surface area contributed by atoms with Gasteiger partial charge in [0.1, 0.15) is 5.75 Å². The third-order valence-corrected chi connectivity index (χ3v) is 3.79. The van der Waals surface area contributed by atoms with Crippen LogP contribution in [0.25, 0.3) is 0 Å². The lowest BCUT2D eigenvalue weighted by atomic mass is 9.79. The minimum absolute atomic E-state index is 0.221. The molecule has 0 spiro atoms. The summed E-state index contributed by atoms with van der Waals surface area (Å²) in [6.45, 7) is 0. The number of Topliss-reactive ketones (excluding diaryl/α,β-unsaturated/α-hetero) is 1. The van der Waals surface area contributed by atoms with Crippen LogP contribution in [-0.2, 0) is 6.42 Å². The van der Waals surface area contributed by atoms with Gasteiger partial charge < -0.3 is 4.74 Å². The van der Waals surface area contributed by atoms with E-state index in [9.17, 15) is 4.79 Å². The highest BCUT2D eigenvalue weighted by atomic mass is 16.5. The van der Waals surface area contributed by atoms with Crippen molar-refractivity contribution in [2.24, 2.45) is 0 Å². The number of rotatable bonds is 2. The van der Waals surface area contributed by atoms with E-state index in [0.717, 1.165) is 28.9 Å². The molecule has 1 aliphatic rings. The molecular weight excluding hydrogens is 236 g/mol. The van der Waals surface area contributed by atoms with Gasteiger partial charge in [0.2, 0.25) is 0 Å². The van der Waals surface area contributed by atoms with E-state index in [1.807, 2.05) is 36.4 Å². The van der Waals surface area contributed by atoms with Gasteiger partial charge in [-0.05, 0) is 29.5 Å². The fourth-order valence-electron chi connectivity index (χ4n) is 2.87. The Morgan fingerprint density at radius 1 is 1.00 bits per heavy atom. The molecule has 0 unspecified atom stereocenters. The maximum absolute atomic E-state index is 12.2. The molecule has 1 aliphatic carbocycles. The Balaban J connectivity index is 1.99. The summed E-state index contributed by atoms with van der Waals surface area (Å²) in [7, 11) is 1.68. The second-order valence-corrected chi connectivity index (χ2v) is 4.93. The molecule has 19 heavy (non-hydrogen) atoms. The summed E-state index contributed by atoms with van der Waals surface area (Å²) in [6.07, 6.45) is 1.47. The molecule has 0 aliphatic heterocycles. The van der Waals surface area contributed by atoms with E-state index in [-0.39, 0.29) is 11.7 Å². The molecule has 0 heterocycles. The van der Waals surface area contributed by atoms with Crippen LogP contribution in [0.4, 0.5) is 0 Å². The van der Waals surface area contributed by atoms with Gasteiger partial charge in [-0.2, -0.15) is 0 Å². The summed E-state index contributed by atoms with van der Waals surface area (Å²) < 4.78 is 5.41. The third-order valence-electron chi connectivity index (χ3n) is 3.79. The minimum atomic E-state index is 0.221. The number of carbonyl (C=O) groups is 1. The molecule has 2 heteroatoms. The largest absolute Gasteiger partial charge is 0.496 e. The number of methoxy groups -OCH3 is 1. The highest BCUT2D eigenvalue weighted by Crippen LogP contribution is 2.36. The Labute approximate surface area is 113 Å². The van der Waals surface area contributed by atoms with Crippen molar-refractivity contribution in [2.45, 2.75) is 18.8 Å². The summed E-state index contributed by atoms with van der Waals surface area (Å²) in [6, 6.07) is 15.9. The van der Waals surface area contributed by atoms with Crippen LogP contribution >= 0.6 is 0 Å². The van der Waals surface area contributed by atoms with Crippen LogP contribution in [0.3, 0.4) is 0 Å². The van der Waals surface area contributed by atoms with Gasteiger partial charge in [0.15, 0.2) is 5.78 Å². The van der Waals surface area contributed by atoms with Crippen molar-refractivity contribution in [3.8, 4) is 5.75 Å². The van der Waals surface area contributed by atoms with Crippen molar-refractivity contribution < 1.29 is 9.53 Å². The average molecular weight is 252 g/mol. The topological polar surface area (TPSA) is 26.3 Å². The van der Waals surface area contributed by atoms with Crippen molar-refractivity contribution in [3.63, 3.8) is 0 Å². The number of benzene rings is 2. The first kappa shape index (κ1) is 12.0. The van der Waals surface area contributed by atoms with Crippen LogP contribution in [0.15, 0.2) is 48.5 Å². The minimum Gasteiger partial charge on any atom is -0.496 e. The Kier molecular flexibility index (Phi) is 3.08. The molecule has 0 amide bonds. The standard InChI is InChI=1S/C17H16O2/c1-19-17-9-5-4-8-15(17)13-10-12-6-2-3-7-14(12)16(18)11-13/h2-9,13H,10-11H2,1H3/t13-/m1/s1. The van der Waals surface area contributed by atoms with E-state index in [4.69, 9.17) is 4.74 Å². The number of ketones is 1. The molecule has 0 bridgehead atoms. The third kappa shape index (κ3) is 2.14. The molecule has 0 N–H and O–H groups in total. The van der Waals surface area contributed by atoms with Crippen molar-refractivity contribution in [3.05, 3.63) is 65.2 Å². The van der Waals surface area contributed by atoms with Gasteiger partial charge in [0, 0.05) is 12.0 Å². The number of carbonyl (C=O) groups excluding carboxylic acids is 1. The molecule has 2 nitrogen and oxygen atoms in total. The molecule has 0 saturated carbocycles. The molecule has 0 fully saturated rings. The quantitative estimate of drug-likeness (QED) is 0.816. The highest BCUT2D eigenvalue weighted by Gasteiger charge is 2.27. The number of hydrogen-bond acceptors (Lipinski definition) is 2. The van der Waals surface area contributed by atoms with E-state index in [0.29, 0.717) is 6.42 Å². The molecule has 2 aromatic rings. The maximum Gasteiger partial charge on any atom is 0.163 e. The van der Waals surface area contributed by atoms with E-state index in [1.165, 1.54) is 0 Å². The predicted molar refractivity (Wildman–Crippen MR) is 74.8 cm³/mol. The Morgan fingerprint density at radius 2 is 1.74 bits per heavy atom. The van der Waals surface area contributed by atoms with E-state index in [2.05, 4.69) is 12.1 Å². The lowest BCUT2D eigenvalue weighted by Crippen LogP contribution is -2.19. The van der Waals surface area contributed by atoms with Crippen molar-refractivity contribution >= 4 is 5.78 Å². The second-order valence-electron chi connectivity index (χ2n) is 4.93. The summed E-state index contributed by atoms with van der Waals surface area (Å²) in [5.74, 6) is 1.33. The van der Waals surface area contributed by atoms with Crippen LogP contribution in [0.1, 0.15) is 33.8 Å². The lowest BCUT2D eigenvalue weighted by molar-refractivity contribution is 0.0964. The van der Waals surface area contributed by atoms with Crippen LogP contribution in [-0.4, -0.2) is 12.9 Å². The van der Waals surface area contributed by atoms with Gasteiger partial charge in [-0.15, -0.1) is 0 Å². The monoisotopic (exact) mass is 252 g/mol. The molecule has 96 valence electrons. The normalized spacial score (nSPS) is 17.9. The molecule has 1 atom stereocenters. The number of fused-ring (bicyclic) bond motifs is 1. The van der Waals surface area contributed by atoms with Crippen LogP contribution in [0.2, 0.25) is 0 Å². The van der Waals surface area contributed by atoms with Gasteiger partial charge in [0.25, 0.3) is 0 Å². The molecular formula is C17H16O2. The highest BCUT2D eigenvalue weighted by molar-refractivity contribution is 5.99. The first-order valence-electron chi connectivity index (χ1n) is 6.53. The van der Waals surface area contributed by atoms with E-state index < -0.39 is 0 Å². The Morgan fingerprint density at radius 3 is 2.58 bits per heavy atom. The number of ether oxygens (including phenoxy) is 1. The van der Waals surface area contributed by atoms with Crippen LogP contribution in [0, 0.1) is 0 Å². The second kappa shape index (κ2) is 4.88. The first-order chi connectivity index (χ1) is 9.29. The van der Waals surface area contributed by atoms with Gasteiger partial charge in [-0.1, -0.05) is 42.5 Å². The fraction of sp³-hybridized carbons (Fsp3) is 0.235. The van der Waals surface area contributed by atoms with Crippen LogP contribution < -0.4 is 4.74 Å². The first-order valence-corrected chi connectivity index (χ1v) is 6.53. The lowest BCUT2D eigenvalue weighted by Gasteiger charge is -2.25. The smallest absolute Gasteiger partial charge is 0.163 e. The molecule has 3 rings (SSSR count). The zero-order valence-electron chi connectivity index (χ0n) is 10.9. The van der Waals surface area contributed by atoms with E-state index in [1.54, 1.807) is 7.11 Å². The average Bonchev–Trinajstić information content (AvgIpc) is 2.47. The maximum atomic E-state index is 12.2. The van der Waals surface area contributed by atoms with Gasteiger partial charge in [0.05, 0.1) is 7.11 Å². The number of hydrogen-bond donors (Lipinski definition) is 0. The van der Waals surface area contributed by atoms with Gasteiger partial charge >= 0.3 is 0 Å². The molecule has 0 saturated heterocycles. The van der Waals surface area contributed by atoms with Crippen molar-refractivity contribution in [1.82, 2.24) is 0 Å². The SMILES string of the molecule is COc1ccccc1[C@H]1CC(=O)c2ccccc2C1. The zero-order valence-corrected chi connectivity index (χ0v) is 10.9. The van der Waals surface area contributed by atoms with Gasteiger partial charge in [-0.3, -0.25) is 4.79 Å². The molecule has 2 aromatic carbocycles. The van der Waals surface area contributed by atoms with E-state index >= 15 is 0 Å². The summed E-state index contributed by atoms with van der Waals surface area (Å²) in [5.41, 5.74) is 3.16. The number of para-hydroxylation sites is 1.